The lowest BCUT2D eigenvalue weighted by Crippen LogP contribution is -2.31. The zero-order chi connectivity index (χ0) is 13.8. The fraction of sp³-hybridized carbons (Fsp3) is 0.250. The molecule has 0 saturated heterocycles. The summed E-state index contributed by atoms with van der Waals surface area (Å²) in [6, 6.07) is 1.10. The van der Waals surface area contributed by atoms with Crippen LogP contribution in [0.15, 0.2) is 33.2 Å². The molecular weight excluding hydrogens is 266 g/mol. The number of pyridine rings is 1. The number of thioether (sulfide) groups is 1. The minimum atomic E-state index is -0.570. The van der Waals surface area contributed by atoms with Crippen LogP contribution in [-0.2, 0) is 0 Å². The van der Waals surface area contributed by atoms with Crippen molar-refractivity contribution >= 4 is 23.9 Å². The Morgan fingerprint density at radius 1 is 1.63 bits per heavy atom. The van der Waals surface area contributed by atoms with Crippen molar-refractivity contribution in [3.8, 4) is 5.75 Å². The summed E-state index contributed by atoms with van der Waals surface area (Å²) in [7, 11) is 0. The lowest BCUT2D eigenvalue weighted by molar-refractivity contribution is 0.0962. The van der Waals surface area contributed by atoms with Crippen LogP contribution < -0.4 is 5.43 Å². The van der Waals surface area contributed by atoms with Crippen LogP contribution in [0.3, 0.4) is 0 Å². The Labute approximate surface area is 113 Å². The number of rotatable bonds is 4. The molecule has 1 aliphatic heterocycles. The summed E-state index contributed by atoms with van der Waals surface area (Å²) in [5.41, 5.74) is -0.394. The maximum atomic E-state index is 11.9. The molecule has 1 aromatic heterocycles. The largest absolute Gasteiger partial charge is 0.503 e. The Morgan fingerprint density at radius 2 is 2.42 bits per heavy atom. The van der Waals surface area contributed by atoms with Gasteiger partial charge in [0.15, 0.2) is 11.5 Å². The van der Waals surface area contributed by atoms with Crippen molar-refractivity contribution in [3.05, 3.63) is 39.3 Å². The zero-order valence-corrected chi connectivity index (χ0v) is 11.1. The first-order valence-corrected chi connectivity index (χ1v) is 6.80. The normalized spacial score (nSPS) is 14.4. The first-order chi connectivity index (χ1) is 9.10. The van der Waals surface area contributed by atoms with Gasteiger partial charge in [-0.05, 0) is 12.3 Å². The topological polar surface area (TPSA) is 85.8 Å². The molecule has 0 saturated carbocycles. The van der Waals surface area contributed by atoms with Gasteiger partial charge in [-0.25, -0.2) is 4.99 Å². The van der Waals surface area contributed by atoms with Crippen LogP contribution in [0, 0.1) is 0 Å². The quantitative estimate of drug-likeness (QED) is 0.797. The minimum absolute atomic E-state index is 0.127. The Bertz CT molecular complexity index is 606. The van der Waals surface area contributed by atoms with Crippen molar-refractivity contribution in [2.45, 2.75) is 0 Å². The number of ketones is 1. The number of Topliss-reactive ketones (excluding diaryl/α,β-unsaturated/α-hetero) is 1. The van der Waals surface area contributed by atoms with Crippen LogP contribution in [0.5, 0.6) is 5.75 Å². The number of aromatic amines is 1. The highest BCUT2D eigenvalue weighted by Crippen LogP contribution is 2.15. The van der Waals surface area contributed by atoms with Crippen LogP contribution in [0.4, 0.5) is 0 Å². The van der Waals surface area contributed by atoms with Gasteiger partial charge in [0.1, 0.15) is 0 Å². The van der Waals surface area contributed by atoms with Crippen LogP contribution >= 0.6 is 11.8 Å². The Morgan fingerprint density at radius 3 is 3.00 bits per heavy atom. The van der Waals surface area contributed by atoms with E-state index in [9.17, 15) is 9.59 Å². The highest BCUT2D eigenvalue weighted by molar-refractivity contribution is 8.02. The highest BCUT2D eigenvalue weighted by atomic mass is 32.2. The molecule has 1 aliphatic rings. The van der Waals surface area contributed by atoms with Crippen molar-refractivity contribution in [1.82, 2.24) is 9.88 Å². The average molecular weight is 279 g/mol. The molecule has 0 unspecified atom stereocenters. The molecule has 0 spiro atoms. The summed E-state index contributed by atoms with van der Waals surface area (Å²) in [4.78, 5) is 31.7. The van der Waals surface area contributed by atoms with Crippen molar-refractivity contribution < 1.29 is 9.90 Å². The van der Waals surface area contributed by atoms with Gasteiger partial charge in [-0.1, -0.05) is 0 Å². The first-order valence-electron chi connectivity index (χ1n) is 5.57. The van der Waals surface area contributed by atoms with Gasteiger partial charge in [0, 0.05) is 18.8 Å². The number of aliphatic imine (C=N–C) groups is 1. The van der Waals surface area contributed by atoms with E-state index in [0.29, 0.717) is 6.54 Å². The Balaban J connectivity index is 2.02. The Hall–Kier alpha value is -2.02. The summed E-state index contributed by atoms with van der Waals surface area (Å²) in [5.74, 6) is -0.631. The molecule has 2 rings (SSSR count). The van der Waals surface area contributed by atoms with Crippen molar-refractivity contribution in [1.29, 1.82) is 0 Å². The molecule has 2 N–H and O–H groups in total. The predicted octanol–water partition coefficient (Wildman–Crippen LogP) is 0.811. The second-order valence-corrected chi connectivity index (χ2v) is 4.77. The van der Waals surface area contributed by atoms with E-state index in [4.69, 9.17) is 5.11 Å². The second kappa shape index (κ2) is 5.75. The summed E-state index contributed by atoms with van der Waals surface area (Å²) in [6.45, 7) is 0.732. The van der Waals surface area contributed by atoms with Crippen molar-refractivity contribution in [2.75, 3.05) is 19.3 Å². The number of carbonyl (C=O) groups is 1. The molecule has 100 valence electrons. The molecule has 7 heteroatoms. The summed E-state index contributed by atoms with van der Waals surface area (Å²) < 4.78 is 0. The summed E-state index contributed by atoms with van der Waals surface area (Å²) in [5, 5.41) is 10.0. The fourth-order valence-corrected chi connectivity index (χ4v) is 1.96. The monoisotopic (exact) mass is 279 g/mol. The maximum absolute atomic E-state index is 11.9. The second-order valence-electron chi connectivity index (χ2n) is 3.94. The maximum Gasteiger partial charge on any atom is 0.223 e. The molecule has 0 radical (unpaired) electrons. The molecule has 0 bridgehead atoms. The van der Waals surface area contributed by atoms with Gasteiger partial charge in [0.25, 0.3) is 0 Å². The van der Waals surface area contributed by atoms with E-state index in [1.807, 2.05) is 12.3 Å². The number of hydrogen-bond donors (Lipinski definition) is 2. The molecular formula is C12H13N3O3S. The fourth-order valence-electron chi connectivity index (χ4n) is 1.57. The predicted molar refractivity (Wildman–Crippen MR) is 74.7 cm³/mol. The summed E-state index contributed by atoms with van der Waals surface area (Å²) in [6.07, 6.45) is 6.59. The molecule has 2 heterocycles. The van der Waals surface area contributed by atoms with Crippen molar-refractivity contribution in [2.24, 2.45) is 4.99 Å². The molecule has 19 heavy (non-hydrogen) atoms. The third-order valence-corrected chi connectivity index (χ3v) is 3.29. The van der Waals surface area contributed by atoms with Gasteiger partial charge in [-0.3, -0.25) is 9.59 Å². The van der Waals surface area contributed by atoms with E-state index in [0.717, 1.165) is 17.3 Å². The van der Waals surface area contributed by atoms with Gasteiger partial charge in [0.05, 0.1) is 23.6 Å². The SMILES string of the molecule is CSC1=CCN(CC(=O)c2cc(=O)c(O)c[nH]2)C=N1. The van der Waals surface area contributed by atoms with E-state index in [2.05, 4.69) is 9.98 Å². The van der Waals surface area contributed by atoms with E-state index in [1.54, 1.807) is 23.0 Å². The average Bonchev–Trinajstić information content (AvgIpc) is 2.42. The lowest BCUT2D eigenvalue weighted by Gasteiger charge is -2.20. The van der Waals surface area contributed by atoms with E-state index in [-0.39, 0.29) is 18.0 Å². The van der Waals surface area contributed by atoms with Gasteiger partial charge >= 0.3 is 0 Å². The standard InChI is InChI=1S/C12H13N3O3S/c1-19-12-2-3-15(7-14-12)6-11(18)8-4-9(16)10(17)5-13-8/h2,4-5,7,17H,3,6H2,1H3,(H,13,16). The smallest absolute Gasteiger partial charge is 0.223 e. The molecule has 6 nitrogen and oxygen atoms in total. The van der Waals surface area contributed by atoms with E-state index >= 15 is 0 Å². The molecule has 0 aliphatic carbocycles. The number of H-pyrrole nitrogens is 1. The van der Waals surface area contributed by atoms with Gasteiger partial charge in [0.2, 0.25) is 5.43 Å². The lowest BCUT2D eigenvalue weighted by atomic mass is 10.2. The number of aromatic hydroxyl groups is 1. The van der Waals surface area contributed by atoms with E-state index < -0.39 is 11.2 Å². The van der Waals surface area contributed by atoms with Crippen LogP contribution in [0.25, 0.3) is 0 Å². The van der Waals surface area contributed by atoms with Crippen LogP contribution in [0.2, 0.25) is 0 Å². The number of aromatic nitrogens is 1. The van der Waals surface area contributed by atoms with E-state index in [1.165, 1.54) is 0 Å². The van der Waals surface area contributed by atoms with Crippen molar-refractivity contribution in [3.63, 3.8) is 0 Å². The molecule has 0 aromatic carbocycles. The zero-order valence-electron chi connectivity index (χ0n) is 10.3. The number of hydrogen-bond acceptors (Lipinski definition) is 6. The van der Waals surface area contributed by atoms with Crippen LogP contribution in [-0.4, -0.2) is 46.5 Å². The van der Waals surface area contributed by atoms with Crippen LogP contribution in [0.1, 0.15) is 10.5 Å². The molecule has 0 amide bonds. The first kappa shape index (κ1) is 13.4. The third-order valence-electron chi connectivity index (χ3n) is 2.60. The van der Waals surface area contributed by atoms with Gasteiger partial charge < -0.3 is 15.0 Å². The molecule has 0 atom stereocenters. The Kier molecular flexibility index (Phi) is 4.06. The van der Waals surface area contributed by atoms with Gasteiger partial charge in [-0.15, -0.1) is 11.8 Å². The van der Waals surface area contributed by atoms with Gasteiger partial charge in [-0.2, -0.15) is 0 Å². The highest BCUT2D eigenvalue weighted by Gasteiger charge is 2.13. The number of nitrogens with zero attached hydrogens (tertiary/aromatic N) is 2. The minimum Gasteiger partial charge on any atom is -0.503 e. The molecule has 0 fully saturated rings. The molecule has 1 aromatic rings. The summed E-state index contributed by atoms with van der Waals surface area (Å²) >= 11 is 1.54. The number of carbonyl (C=O) groups excluding carboxylic acids is 1. The third kappa shape index (κ3) is 3.25. The number of nitrogens with one attached hydrogen (secondary N) is 1.